The lowest BCUT2D eigenvalue weighted by atomic mass is 10.00. The molecule has 0 spiro atoms. The SMILES string of the molecule is CCCCOC(=O)[C@@H](Cc1cc2ccnc(N)c2cc1OC(F)(F)F)N1CC[C@H](N(c2cnc(N3CCCC3)s2)S(=O)O)C1=O. The first-order chi connectivity index (χ1) is 21.5. The zero-order valence-corrected chi connectivity index (χ0v) is 26.0. The van der Waals surface area contributed by atoms with E-state index in [2.05, 4.69) is 19.6 Å². The normalized spacial score (nSPS) is 18.4. The molecule has 12 nitrogen and oxygen atoms in total. The number of carbonyl (C=O) groups excluding carboxylic acids is 2. The van der Waals surface area contributed by atoms with Gasteiger partial charge in [0.1, 0.15) is 28.7 Å². The number of hydrogen-bond acceptors (Lipinski definition) is 10. The van der Waals surface area contributed by atoms with E-state index in [0.29, 0.717) is 21.9 Å². The highest BCUT2D eigenvalue weighted by Crippen LogP contribution is 2.37. The molecule has 17 heteroatoms. The third-order valence-corrected chi connectivity index (χ3v) is 9.70. The Morgan fingerprint density at radius 2 is 2.02 bits per heavy atom. The number of nitrogens with zero attached hydrogens (tertiary/aromatic N) is 5. The molecule has 2 aliphatic heterocycles. The zero-order valence-electron chi connectivity index (χ0n) is 24.4. The van der Waals surface area contributed by atoms with Crippen molar-refractivity contribution in [3.05, 3.63) is 36.2 Å². The molecule has 2 saturated heterocycles. The maximum Gasteiger partial charge on any atom is 0.573 e. The van der Waals surface area contributed by atoms with Crippen LogP contribution in [0.3, 0.4) is 0 Å². The second-order valence-corrected chi connectivity index (χ2v) is 12.6. The van der Waals surface area contributed by atoms with Crippen molar-refractivity contribution in [2.75, 3.05) is 41.2 Å². The Morgan fingerprint density at radius 1 is 1.27 bits per heavy atom. The van der Waals surface area contributed by atoms with Crippen LogP contribution < -0.4 is 19.7 Å². The number of esters is 1. The number of hydrogen-bond donors (Lipinski definition) is 2. The first kappa shape index (κ1) is 32.7. The minimum atomic E-state index is -5.06. The van der Waals surface area contributed by atoms with Crippen molar-refractivity contribution in [2.24, 2.45) is 0 Å². The highest BCUT2D eigenvalue weighted by molar-refractivity contribution is 7.81. The van der Waals surface area contributed by atoms with E-state index in [1.54, 1.807) is 6.07 Å². The average molecular weight is 671 g/mol. The van der Waals surface area contributed by atoms with E-state index in [4.69, 9.17) is 10.5 Å². The van der Waals surface area contributed by atoms with Crippen molar-refractivity contribution in [1.29, 1.82) is 0 Å². The Hall–Kier alpha value is -3.70. The Morgan fingerprint density at radius 3 is 2.71 bits per heavy atom. The van der Waals surface area contributed by atoms with E-state index in [1.807, 2.05) is 6.92 Å². The van der Waals surface area contributed by atoms with E-state index in [0.717, 1.165) is 42.7 Å². The lowest BCUT2D eigenvalue weighted by Gasteiger charge is -2.29. The third kappa shape index (κ3) is 7.41. The van der Waals surface area contributed by atoms with Crippen LogP contribution in [0.2, 0.25) is 0 Å². The Balaban J connectivity index is 1.47. The quantitative estimate of drug-likeness (QED) is 0.162. The number of benzene rings is 1. The predicted octanol–water partition coefficient (Wildman–Crippen LogP) is 4.27. The molecule has 2 fully saturated rings. The number of aromatic nitrogens is 2. The smallest absolute Gasteiger partial charge is 0.464 e. The summed E-state index contributed by atoms with van der Waals surface area (Å²) in [5, 5.41) is 1.65. The minimum Gasteiger partial charge on any atom is -0.464 e. The van der Waals surface area contributed by atoms with Crippen molar-refractivity contribution in [2.45, 2.75) is 63.9 Å². The summed E-state index contributed by atoms with van der Waals surface area (Å²) in [7, 11) is 0. The number of carbonyl (C=O) groups is 2. The molecule has 1 unspecified atom stereocenters. The van der Waals surface area contributed by atoms with Crippen LogP contribution in [-0.4, -0.2) is 80.2 Å². The van der Waals surface area contributed by atoms with Gasteiger partial charge in [0.2, 0.25) is 5.91 Å². The zero-order chi connectivity index (χ0) is 32.3. The average Bonchev–Trinajstić information content (AvgIpc) is 3.74. The second-order valence-electron chi connectivity index (χ2n) is 10.7. The number of halogens is 3. The van der Waals surface area contributed by atoms with E-state index in [-0.39, 0.29) is 42.8 Å². The number of rotatable bonds is 12. The number of nitrogen functional groups attached to an aromatic ring is 1. The van der Waals surface area contributed by atoms with Crippen molar-refractivity contribution in [3.8, 4) is 5.75 Å². The fraction of sp³-hybridized carbons (Fsp3) is 0.500. The molecule has 45 heavy (non-hydrogen) atoms. The summed E-state index contributed by atoms with van der Waals surface area (Å²) in [6.07, 6.45) is 0.756. The van der Waals surface area contributed by atoms with Crippen LogP contribution in [0.15, 0.2) is 30.6 Å². The summed E-state index contributed by atoms with van der Waals surface area (Å²) in [6, 6.07) is 1.60. The van der Waals surface area contributed by atoms with Gasteiger partial charge in [0.05, 0.1) is 12.8 Å². The maximum absolute atomic E-state index is 13.9. The Labute approximate surface area is 263 Å². The maximum atomic E-state index is 13.9. The van der Waals surface area contributed by atoms with Crippen molar-refractivity contribution in [1.82, 2.24) is 14.9 Å². The fourth-order valence-electron chi connectivity index (χ4n) is 5.56. The number of ether oxygens (including phenoxy) is 2. The van der Waals surface area contributed by atoms with Gasteiger partial charge >= 0.3 is 12.3 Å². The van der Waals surface area contributed by atoms with Crippen LogP contribution in [0.1, 0.15) is 44.6 Å². The van der Waals surface area contributed by atoms with Gasteiger partial charge in [0, 0.05) is 37.6 Å². The molecule has 2 aromatic heterocycles. The first-order valence-corrected chi connectivity index (χ1v) is 16.4. The molecule has 0 aliphatic carbocycles. The summed E-state index contributed by atoms with van der Waals surface area (Å²) in [4.78, 5) is 38.9. The second kappa shape index (κ2) is 13.7. The largest absolute Gasteiger partial charge is 0.573 e. The molecule has 2 aliphatic rings. The van der Waals surface area contributed by atoms with Crippen LogP contribution in [0.25, 0.3) is 10.8 Å². The lowest BCUT2D eigenvalue weighted by molar-refractivity contribution is -0.274. The topological polar surface area (TPSA) is 151 Å². The van der Waals surface area contributed by atoms with Crippen LogP contribution in [0.5, 0.6) is 5.75 Å². The number of thiazole rings is 1. The van der Waals surface area contributed by atoms with Crippen LogP contribution in [0, 0.1) is 0 Å². The summed E-state index contributed by atoms with van der Waals surface area (Å²) in [6.45, 7) is 3.56. The van der Waals surface area contributed by atoms with Gasteiger partial charge in [-0.3, -0.25) is 9.35 Å². The molecule has 0 saturated carbocycles. The summed E-state index contributed by atoms with van der Waals surface area (Å²) < 4.78 is 74.1. The van der Waals surface area contributed by atoms with E-state index in [9.17, 15) is 31.5 Å². The highest BCUT2D eigenvalue weighted by Gasteiger charge is 2.45. The molecule has 244 valence electrons. The lowest BCUT2D eigenvalue weighted by Crippen LogP contribution is -2.49. The van der Waals surface area contributed by atoms with Gasteiger partial charge in [-0.05, 0) is 54.8 Å². The third-order valence-electron chi connectivity index (χ3n) is 7.74. The number of likely N-dealkylation sites (tertiary alicyclic amines) is 1. The van der Waals surface area contributed by atoms with Crippen molar-refractivity contribution >= 4 is 61.2 Å². The molecule has 0 radical (unpaired) electrons. The summed E-state index contributed by atoms with van der Waals surface area (Å²) in [5.41, 5.74) is 5.88. The van der Waals surface area contributed by atoms with E-state index in [1.165, 1.54) is 34.7 Å². The summed E-state index contributed by atoms with van der Waals surface area (Å²) in [5.74, 6) is -2.05. The molecule has 3 N–H and O–H groups in total. The molecule has 3 aromatic rings. The van der Waals surface area contributed by atoms with E-state index < -0.39 is 47.3 Å². The van der Waals surface area contributed by atoms with Crippen molar-refractivity contribution < 1.29 is 41.0 Å². The predicted molar refractivity (Wildman–Crippen MR) is 163 cm³/mol. The number of pyridine rings is 1. The van der Waals surface area contributed by atoms with Crippen molar-refractivity contribution in [3.63, 3.8) is 0 Å². The monoisotopic (exact) mass is 670 g/mol. The number of fused-ring (bicyclic) bond motifs is 1. The van der Waals surface area contributed by atoms with Crippen LogP contribution >= 0.6 is 11.3 Å². The Kier molecular flexibility index (Phi) is 9.98. The fourth-order valence-corrected chi connectivity index (χ4v) is 7.40. The molecule has 1 aromatic carbocycles. The molecule has 5 rings (SSSR count). The Bertz CT molecular complexity index is 1570. The van der Waals surface area contributed by atoms with Crippen LogP contribution in [-0.2, 0) is 32.0 Å². The summed E-state index contributed by atoms with van der Waals surface area (Å²) >= 11 is -1.43. The van der Waals surface area contributed by atoms with Gasteiger partial charge in [-0.15, -0.1) is 13.2 Å². The van der Waals surface area contributed by atoms with Gasteiger partial charge in [0.25, 0.3) is 11.3 Å². The standard InChI is InChI=1S/C28H33F3N6O6S2/c1-2-3-12-42-26(39)21(14-18-13-17-6-8-33-24(32)19(17)15-22(18)43-28(29,30)31)36-11-7-20(25(36)38)37(45(40)41)23-16-34-27(44-23)35-9-4-5-10-35/h6,8,13,15-16,20-21H,2-5,7,9-12,14H2,1H3,(H2,32,33)(H,40,41)/t20-,21+/m0/s1. The number of nitrogens with two attached hydrogens (primary N) is 1. The number of amides is 1. The molecular weight excluding hydrogens is 637 g/mol. The molecule has 0 bridgehead atoms. The first-order valence-electron chi connectivity index (χ1n) is 14.5. The van der Waals surface area contributed by atoms with Gasteiger partial charge < -0.3 is 25.0 Å². The van der Waals surface area contributed by atoms with Gasteiger partial charge in [-0.25, -0.2) is 23.3 Å². The van der Waals surface area contributed by atoms with Gasteiger partial charge in [-0.2, -0.15) is 0 Å². The number of unbranched alkanes of at least 4 members (excludes halogenated alkanes) is 1. The molecule has 3 atom stereocenters. The molecular formula is C28H33F3N6O6S2. The highest BCUT2D eigenvalue weighted by atomic mass is 32.2. The number of alkyl halides is 3. The molecule has 4 heterocycles. The van der Waals surface area contributed by atoms with Gasteiger partial charge in [0.15, 0.2) is 5.13 Å². The number of anilines is 3. The van der Waals surface area contributed by atoms with Crippen LogP contribution in [0.4, 0.5) is 29.1 Å². The van der Waals surface area contributed by atoms with Gasteiger partial charge in [-0.1, -0.05) is 24.7 Å². The minimum absolute atomic E-state index is 0.00721. The van der Waals surface area contributed by atoms with E-state index >= 15 is 0 Å². The molecule has 1 amide bonds.